The second-order valence-corrected chi connectivity index (χ2v) is 4.72. The van der Waals surface area contributed by atoms with Crippen LogP contribution in [0.3, 0.4) is 0 Å². The number of fused-ring (bicyclic) bond motifs is 1. The molecule has 0 saturated heterocycles. The molecule has 17 heavy (non-hydrogen) atoms. The monoisotopic (exact) mass is 232 g/mol. The molecule has 3 nitrogen and oxygen atoms in total. The average molecular weight is 232 g/mol. The van der Waals surface area contributed by atoms with Gasteiger partial charge in [-0.15, -0.1) is 0 Å². The molecule has 2 rings (SSSR count). The van der Waals surface area contributed by atoms with Gasteiger partial charge in [0.05, 0.1) is 6.04 Å². The van der Waals surface area contributed by atoms with Crippen LogP contribution in [0.5, 0.6) is 0 Å². The molecule has 0 fully saturated rings. The highest BCUT2D eigenvalue weighted by atomic mass is 16.2. The highest BCUT2D eigenvalue weighted by Crippen LogP contribution is 2.16. The van der Waals surface area contributed by atoms with Crippen LogP contribution in [0.25, 0.3) is 0 Å². The third-order valence-electron chi connectivity index (χ3n) is 3.40. The van der Waals surface area contributed by atoms with Crippen molar-refractivity contribution in [3.05, 3.63) is 35.4 Å². The van der Waals surface area contributed by atoms with Crippen molar-refractivity contribution in [3.63, 3.8) is 0 Å². The van der Waals surface area contributed by atoms with E-state index in [1.54, 1.807) is 0 Å². The van der Waals surface area contributed by atoms with E-state index in [4.69, 9.17) is 0 Å². The third-order valence-corrected chi connectivity index (χ3v) is 3.40. The van der Waals surface area contributed by atoms with Crippen LogP contribution in [0.15, 0.2) is 24.3 Å². The molecule has 2 atom stereocenters. The van der Waals surface area contributed by atoms with Crippen molar-refractivity contribution in [1.82, 2.24) is 10.6 Å². The van der Waals surface area contributed by atoms with Crippen LogP contribution in [-0.4, -0.2) is 18.0 Å². The highest BCUT2D eigenvalue weighted by Gasteiger charge is 2.24. The van der Waals surface area contributed by atoms with Gasteiger partial charge in [0, 0.05) is 12.6 Å². The van der Waals surface area contributed by atoms with Gasteiger partial charge in [-0.1, -0.05) is 31.2 Å². The van der Waals surface area contributed by atoms with Crippen molar-refractivity contribution in [1.29, 1.82) is 0 Å². The first-order valence-electron chi connectivity index (χ1n) is 6.31. The van der Waals surface area contributed by atoms with Gasteiger partial charge >= 0.3 is 0 Å². The Morgan fingerprint density at radius 3 is 2.88 bits per heavy atom. The molecular weight excluding hydrogens is 212 g/mol. The summed E-state index contributed by atoms with van der Waals surface area (Å²) in [4.78, 5) is 12.0. The van der Waals surface area contributed by atoms with Crippen LogP contribution in [0.1, 0.15) is 31.4 Å². The molecule has 92 valence electrons. The minimum atomic E-state index is -0.0844. The minimum absolute atomic E-state index is 0.0844. The fourth-order valence-corrected chi connectivity index (χ4v) is 2.09. The molecule has 1 unspecified atom stereocenters. The van der Waals surface area contributed by atoms with Crippen LogP contribution >= 0.6 is 0 Å². The third kappa shape index (κ3) is 2.86. The standard InChI is InChI=1S/C14H20N2O/c1-3-10(2)16-14(17)13-8-11-6-4-5-7-12(11)9-15-13/h4-7,10,13,15H,3,8-9H2,1-2H3,(H,16,17)/t10?,13-/m0/s1. The Balaban J connectivity index is 2.00. The summed E-state index contributed by atoms with van der Waals surface area (Å²) in [7, 11) is 0. The van der Waals surface area contributed by atoms with E-state index < -0.39 is 0 Å². The van der Waals surface area contributed by atoms with E-state index in [0.717, 1.165) is 19.4 Å². The lowest BCUT2D eigenvalue weighted by molar-refractivity contribution is -0.123. The summed E-state index contributed by atoms with van der Waals surface area (Å²) < 4.78 is 0. The predicted octanol–water partition coefficient (Wildman–Crippen LogP) is 1.62. The number of carbonyl (C=O) groups excluding carboxylic acids is 1. The molecule has 1 heterocycles. The molecule has 0 spiro atoms. The number of nitrogens with one attached hydrogen (secondary N) is 2. The zero-order valence-corrected chi connectivity index (χ0v) is 10.5. The molecule has 1 aliphatic rings. The average Bonchev–Trinajstić information content (AvgIpc) is 2.38. The van der Waals surface area contributed by atoms with E-state index in [1.807, 2.05) is 19.1 Å². The second kappa shape index (κ2) is 5.32. The van der Waals surface area contributed by atoms with Gasteiger partial charge in [0.25, 0.3) is 0 Å². The maximum Gasteiger partial charge on any atom is 0.237 e. The maximum absolute atomic E-state index is 12.0. The number of benzene rings is 1. The van der Waals surface area contributed by atoms with Gasteiger partial charge in [-0.25, -0.2) is 0 Å². The Labute approximate surface area is 103 Å². The van der Waals surface area contributed by atoms with Crippen LogP contribution < -0.4 is 10.6 Å². The Kier molecular flexibility index (Phi) is 3.79. The second-order valence-electron chi connectivity index (χ2n) is 4.72. The summed E-state index contributed by atoms with van der Waals surface area (Å²) in [6, 6.07) is 8.47. The van der Waals surface area contributed by atoms with Crippen molar-refractivity contribution in [2.75, 3.05) is 0 Å². The van der Waals surface area contributed by atoms with Gasteiger partial charge in [-0.3, -0.25) is 4.79 Å². The summed E-state index contributed by atoms with van der Waals surface area (Å²) >= 11 is 0. The van der Waals surface area contributed by atoms with E-state index in [0.29, 0.717) is 0 Å². The van der Waals surface area contributed by atoms with Gasteiger partial charge < -0.3 is 10.6 Å². The van der Waals surface area contributed by atoms with Crippen molar-refractivity contribution >= 4 is 5.91 Å². The van der Waals surface area contributed by atoms with E-state index >= 15 is 0 Å². The van der Waals surface area contributed by atoms with Crippen LogP contribution in [0.2, 0.25) is 0 Å². The molecule has 0 aromatic heterocycles. The molecule has 0 bridgehead atoms. The van der Waals surface area contributed by atoms with Gasteiger partial charge in [0.1, 0.15) is 0 Å². The molecular formula is C14H20N2O. The van der Waals surface area contributed by atoms with E-state index in [-0.39, 0.29) is 18.0 Å². The predicted molar refractivity (Wildman–Crippen MR) is 68.7 cm³/mol. The van der Waals surface area contributed by atoms with Gasteiger partial charge in [0.2, 0.25) is 5.91 Å². The Morgan fingerprint density at radius 2 is 2.18 bits per heavy atom. The quantitative estimate of drug-likeness (QED) is 0.831. The molecule has 0 aliphatic carbocycles. The minimum Gasteiger partial charge on any atom is -0.352 e. The zero-order valence-electron chi connectivity index (χ0n) is 10.5. The van der Waals surface area contributed by atoms with Gasteiger partial charge in [0.15, 0.2) is 0 Å². The number of amides is 1. The highest BCUT2D eigenvalue weighted by molar-refractivity contribution is 5.82. The number of carbonyl (C=O) groups is 1. The molecule has 3 heteroatoms. The molecule has 2 N–H and O–H groups in total. The van der Waals surface area contributed by atoms with Gasteiger partial charge in [-0.2, -0.15) is 0 Å². The lowest BCUT2D eigenvalue weighted by Crippen LogP contribution is -2.49. The first-order valence-corrected chi connectivity index (χ1v) is 6.31. The Hall–Kier alpha value is -1.35. The Bertz CT molecular complexity index is 403. The first-order chi connectivity index (χ1) is 8.20. The maximum atomic E-state index is 12.0. The topological polar surface area (TPSA) is 41.1 Å². The molecule has 0 saturated carbocycles. The SMILES string of the molecule is CCC(C)NC(=O)[C@@H]1Cc2ccccc2CN1. The number of rotatable bonds is 3. The van der Waals surface area contributed by atoms with Crippen molar-refractivity contribution < 1.29 is 4.79 Å². The summed E-state index contributed by atoms with van der Waals surface area (Å²) in [5.41, 5.74) is 2.59. The van der Waals surface area contributed by atoms with Crippen molar-refractivity contribution in [3.8, 4) is 0 Å². The lowest BCUT2D eigenvalue weighted by atomic mass is 9.95. The van der Waals surface area contributed by atoms with Crippen molar-refractivity contribution in [2.45, 2.75) is 45.3 Å². The molecule has 1 aromatic rings. The van der Waals surface area contributed by atoms with Crippen molar-refractivity contribution in [2.24, 2.45) is 0 Å². The van der Waals surface area contributed by atoms with E-state index in [9.17, 15) is 4.79 Å². The fourth-order valence-electron chi connectivity index (χ4n) is 2.09. The summed E-state index contributed by atoms with van der Waals surface area (Å²) in [6.45, 7) is 4.90. The molecule has 1 amide bonds. The summed E-state index contributed by atoms with van der Waals surface area (Å²) in [5, 5.41) is 6.32. The lowest BCUT2D eigenvalue weighted by Gasteiger charge is -2.26. The molecule has 1 aliphatic heterocycles. The summed E-state index contributed by atoms with van der Waals surface area (Å²) in [5.74, 6) is 0.119. The molecule has 1 aromatic carbocycles. The van der Waals surface area contributed by atoms with E-state index in [2.05, 4.69) is 29.7 Å². The zero-order chi connectivity index (χ0) is 12.3. The summed E-state index contributed by atoms with van der Waals surface area (Å²) in [6.07, 6.45) is 1.76. The Morgan fingerprint density at radius 1 is 1.47 bits per heavy atom. The molecule has 0 radical (unpaired) electrons. The fraction of sp³-hybridized carbons (Fsp3) is 0.500. The van der Waals surface area contributed by atoms with Crippen LogP contribution in [-0.2, 0) is 17.8 Å². The van der Waals surface area contributed by atoms with E-state index in [1.165, 1.54) is 11.1 Å². The normalized spacial score (nSPS) is 20.5. The smallest absolute Gasteiger partial charge is 0.237 e. The van der Waals surface area contributed by atoms with Crippen LogP contribution in [0, 0.1) is 0 Å². The number of hydrogen-bond donors (Lipinski definition) is 2. The van der Waals surface area contributed by atoms with Crippen LogP contribution in [0.4, 0.5) is 0 Å². The first kappa shape index (κ1) is 12.1. The largest absolute Gasteiger partial charge is 0.352 e. The van der Waals surface area contributed by atoms with Gasteiger partial charge in [-0.05, 0) is 30.9 Å². The number of hydrogen-bond acceptors (Lipinski definition) is 2.